The Hall–Kier alpha value is -0.990. The Morgan fingerprint density at radius 3 is 3.17 bits per heavy atom. The summed E-state index contributed by atoms with van der Waals surface area (Å²) in [5.41, 5.74) is 5.22. The molecular weight excluding hydrogens is 152 g/mol. The van der Waals surface area contributed by atoms with Crippen molar-refractivity contribution in [1.29, 1.82) is 0 Å². The standard InChI is InChI=1S/C9H16N2O/c10-6-3-5-8-4-1-2-7-11-9(8)12/h3,6,8H,1-2,4-5,7,10H2,(H,11,12). The summed E-state index contributed by atoms with van der Waals surface area (Å²) in [6.45, 7) is 0.835. The zero-order chi connectivity index (χ0) is 8.81. The minimum Gasteiger partial charge on any atom is -0.405 e. The largest absolute Gasteiger partial charge is 0.405 e. The summed E-state index contributed by atoms with van der Waals surface area (Å²) >= 11 is 0. The quantitative estimate of drug-likeness (QED) is 0.639. The van der Waals surface area contributed by atoms with Crippen LogP contribution in [0.3, 0.4) is 0 Å². The van der Waals surface area contributed by atoms with Crippen molar-refractivity contribution in [3.05, 3.63) is 12.3 Å². The molecule has 1 amide bonds. The van der Waals surface area contributed by atoms with Gasteiger partial charge in [0.1, 0.15) is 0 Å². The van der Waals surface area contributed by atoms with E-state index in [1.807, 2.05) is 6.08 Å². The van der Waals surface area contributed by atoms with E-state index >= 15 is 0 Å². The highest BCUT2D eigenvalue weighted by atomic mass is 16.1. The van der Waals surface area contributed by atoms with Gasteiger partial charge in [-0.2, -0.15) is 0 Å². The molecule has 1 heterocycles. The Morgan fingerprint density at radius 1 is 1.58 bits per heavy atom. The summed E-state index contributed by atoms with van der Waals surface area (Å²) < 4.78 is 0. The molecule has 1 unspecified atom stereocenters. The van der Waals surface area contributed by atoms with Gasteiger partial charge >= 0.3 is 0 Å². The van der Waals surface area contributed by atoms with Crippen molar-refractivity contribution in [2.75, 3.05) is 6.54 Å². The molecule has 0 aliphatic carbocycles. The first kappa shape index (κ1) is 9.10. The minimum absolute atomic E-state index is 0.146. The molecule has 12 heavy (non-hydrogen) atoms. The fourth-order valence-corrected chi connectivity index (χ4v) is 1.47. The molecule has 0 aromatic rings. The molecule has 1 aliphatic rings. The Bertz CT molecular complexity index is 177. The van der Waals surface area contributed by atoms with E-state index in [2.05, 4.69) is 5.32 Å². The lowest BCUT2D eigenvalue weighted by molar-refractivity contribution is -0.124. The van der Waals surface area contributed by atoms with Crippen LogP contribution < -0.4 is 11.1 Å². The van der Waals surface area contributed by atoms with Crippen molar-refractivity contribution in [2.24, 2.45) is 11.7 Å². The van der Waals surface area contributed by atoms with Crippen LogP contribution in [0.2, 0.25) is 0 Å². The molecule has 0 aromatic carbocycles. The molecule has 1 atom stereocenters. The third kappa shape index (κ3) is 2.57. The van der Waals surface area contributed by atoms with E-state index in [0.717, 1.165) is 32.2 Å². The van der Waals surface area contributed by atoms with E-state index in [1.54, 1.807) is 0 Å². The Balaban J connectivity index is 2.42. The van der Waals surface area contributed by atoms with Crippen LogP contribution in [0.5, 0.6) is 0 Å². The maximum Gasteiger partial charge on any atom is 0.223 e. The second-order valence-electron chi connectivity index (χ2n) is 3.15. The summed E-state index contributed by atoms with van der Waals surface area (Å²) in [7, 11) is 0. The van der Waals surface area contributed by atoms with Gasteiger partial charge in [-0.15, -0.1) is 0 Å². The molecular formula is C9H16N2O. The molecule has 68 valence electrons. The molecule has 3 N–H and O–H groups in total. The Labute approximate surface area is 73.0 Å². The van der Waals surface area contributed by atoms with Crippen LogP contribution in [-0.4, -0.2) is 12.5 Å². The van der Waals surface area contributed by atoms with Crippen LogP contribution in [0, 0.1) is 5.92 Å². The van der Waals surface area contributed by atoms with Crippen molar-refractivity contribution in [3.63, 3.8) is 0 Å². The molecule has 0 radical (unpaired) electrons. The normalized spacial score (nSPS) is 25.3. The van der Waals surface area contributed by atoms with Crippen molar-refractivity contribution >= 4 is 5.91 Å². The fraction of sp³-hybridized carbons (Fsp3) is 0.667. The van der Waals surface area contributed by atoms with Crippen LogP contribution in [-0.2, 0) is 4.79 Å². The number of nitrogens with two attached hydrogens (primary N) is 1. The lowest BCUT2D eigenvalue weighted by Gasteiger charge is -2.09. The smallest absolute Gasteiger partial charge is 0.223 e. The maximum absolute atomic E-state index is 11.3. The monoisotopic (exact) mass is 168 g/mol. The van der Waals surface area contributed by atoms with Crippen LogP contribution in [0.1, 0.15) is 25.7 Å². The predicted octanol–water partition coefficient (Wildman–Crippen LogP) is 0.765. The van der Waals surface area contributed by atoms with Gasteiger partial charge in [0, 0.05) is 12.5 Å². The highest BCUT2D eigenvalue weighted by Crippen LogP contribution is 2.15. The second kappa shape index (κ2) is 4.80. The number of rotatable bonds is 2. The summed E-state index contributed by atoms with van der Waals surface area (Å²) in [6.07, 6.45) is 7.39. The zero-order valence-corrected chi connectivity index (χ0v) is 7.25. The van der Waals surface area contributed by atoms with E-state index in [0.29, 0.717) is 0 Å². The van der Waals surface area contributed by atoms with Crippen molar-refractivity contribution in [1.82, 2.24) is 5.32 Å². The predicted molar refractivity (Wildman–Crippen MR) is 48.3 cm³/mol. The van der Waals surface area contributed by atoms with Crippen molar-refractivity contribution in [2.45, 2.75) is 25.7 Å². The molecule has 3 heteroatoms. The van der Waals surface area contributed by atoms with Crippen LogP contribution in [0.4, 0.5) is 0 Å². The number of carbonyl (C=O) groups is 1. The molecule has 0 saturated carbocycles. The van der Waals surface area contributed by atoms with Crippen LogP contribution in [0.15, 0.2) is 12.3 Å². The minimum atomic E-state index is 0.146. The van der Waals surface area contributed by atoms with Gasteiger partial charge in [-0.25, -0.2) is 0 Å². The first-order valence-electron chi connectivity index (χ1n) is 4.49. The number of allylic oxidation sites excluding steroid dienone is 1. The van der Waals surface area contributed by atoms with Gasteiger partial charge in [-0.05, 0) is 25.5 Å². The first-order valence-corrected chi connectivity index (χ1v) is 4.49. The number of nitrogens with one attached hydrogen (secondary N) is 1. The molecule has 3 nitrogen and oxygen atoms in total. The number of hydrogen-bond acceptors (Lipinski definition) is 2. The molecule has 0 bridgehead atoms. The van der Waals surface area contributed by atoms with E-state index in [9.17, 15) is 4.79 Å². The Morgan fingerprint density at radius 2 is 2.42 bits per heavy atom. The van der Waals surface area contributed by atoms with E-state index < -0.39 is 0 Å². The SMILES string of the molecule is NC=CCC1CCCCNC1=O. The summed E-state index contributed by atoms with van der Waals surface area (Å²) in [5, 5.41) is 2.89. The zero-order valence-electron chi connectivity index (χ0n) is 7.25. The van der Waals surface area contributed by atoms with Crippen LogP contribution >= 0.6 is 0 Å². The average molecular weight is 168 g/mol. The van der Waals surface area contributed by atoms with Crippen molar-refractivity contribution in [3.8, 4) is 0 Å². The summed E-state index contributed by atoms with van der Waals surface area (Å²) in [4.78, 5) is 11.3. The second-order valence-corrected chi connectivity index (χ2v) is 3.15. The van der Waals surface area contributed by atoms with E-state index in [4.69, 9.17) is 5.73 Å². The van der Waals surface area contributed by atoms with Crippen LogP contribution in [0.25, 0.3) is 0 Å². The summed E-state index contributed by atoms with van der Waals surface area (Å²) in [5.74, 6) is 0.331. The van der Waals surface area contributed by atoms with Gasteiger partial charge in [0.15, 0.2) is 0 Å². The third-order valence-corrected chi connectivity index (χ3v) is 2.21. The summed E-state index contributed by atoms with van der Waals surface area (Å²) in [6, 6.07) is 0. The fourth-order valence-electron chi connectivity index (χ4n) is 1.47. The van der Waals surface area contributed by atoms with Gasteiger partial charge in [0.2, 0.25) is 5.91 Å². The van der Waals surface area contributed by atoms with Gasteiger partial charge in [0.25, 0.3) is 0 Å². The molecule has 1 saturated heterocycles. The lowest BCUT2D eigenvalue weighted by atomic mass is 9.99. The first-order chi connectivity index (χ1) is 5.84. The average Bonchev–Trinajstić information content (AvgIpc) is 2.27. The molecule has 1 aliphatic heterocycles. The third-order valence-electron chi connectivity index (χ3n) is 2.21. The van der Waals surface area contributed by atoms with Gasteiger partial charge in [0.05, 0.1) is 0 Å². The molecule has 0 spiro atoms. The lowest BCUT2D eigenvalue weighted by Crippen LogP contribution is -2.28. The van der Waals surface area contributed by atoms with Gasteiger partial charge in [-0.1, -0.05) is 12.5 Å². The van der Waals surface area contributed by atoms with Crippen molar-refractivity contribution < 1.29 is 4.79 Å². The Kier molecular flexibility index (Phi) is 3.64. The highest BCUT2D eigenvalue weighted by molar-refractivity contribution is 5.78. The number of carbonyl (C=O) groups excluding carboxylic acids is 1. The highest BCUT2D eigenvalue weighted by Gasteiger charge is 2.18. The topological polar surface area (TPSA) is 55.1 Å². The maximum atomic E-state index is 11.3. The number of hydrogen-bond donors (Lipinski definition) is 2. The van der Waals surface area contributed by atoms with Gasteiger partial charge < -0.3 is 11.1 Å². The van der Waals surface area contributed by atoms with E-state index in [-0.39, 0.29) is 11.8 Å². The van der Waals surface area contributed by atoms with Gasteiger partial charge in [-0.3, -0.25) is 4.79 Å². The number of amides is 1. The molecule has 1 fully saturated rings. The molecule has 1 rings (SSSR count). The molecule has 0 aromatic heterocycles. The van der Waals surface area contributed by atoms with E-state index in [1.165, 1.54) is 6.20 Å².